The van der Waals surface area contributed by atoms with Crippen LogP contribution in [0.3, 0.4) is 0 Å². The maximum atomic E-state index is 11.8. The molecule has 5 heteroatoms. The van der Waals surface area contributed by atoms with Crippen molar-refractivity contribution in [2.45, 2.75) is 51.2 Å². The Morgan fingerprint density at radius 1 is 1.21 bits per heavy atom. The van der Waals surface area contributed by atoms with Crippen LogP contribution in [0, 0.1) is 0 Å². The van der Waals surface area contributed by atoms with Crippen LogP contribution in [0.25, 0.3) is 0 Å². The molecule has 0 saturated heterocycles. The number of unbranched alkanes of at least 4 members (excludes halogenated alkanes) is 5. The van der Waals surface area contributed by atoms with Gasteiger partial charge in [-0.1, -0.05) is 39.0 Å². The largest absolute Gasteiger partial charge is 0.502 e. The van der Waals surface area contributed by atoms with E-state index in [-0.39, 0.29) is 5.75 Å². The number of aromatic hydroxyl groups is 1. The van der Waals surface area contributed by atoms with Crippen LogP contribution in [-0.4, -0.2) is 15.1 Å². The molecule has 0 aliphatic heterocycles. The first-order chi connectivity index (χ1) is 9.13. The molecule has 0 aliphatic carbocycles. The summed E-state index contributed by atoms with van der Waals surface area (Å²) in [5.41, 5.74) is -0.488. The Kier molecular flexibility index (Phi) is 7.48. The Hall–Kier alpha value is -1.10. The second-order valence-electron chi connectivity index (χ2n) is 4.65. The van der Waals surface area contributed by atoms with E-state index in [1.54, 1.807) is 0 Å². The first-order valence-corrected chi connectivity index (χ1v) is 8.28. The van der Waals surface area contributed by atoms with Crippen molar-refractivity contribution in [3.05, 3.63) is 28.3 Å². The van der Waals surface area contributed by atoms with Crippen LogP contribution < -0.4 is 5.43 Å². The fourth-order valence-corrected chi connectivity index (χ4v) is 2.93. The van der Waals surface area contributed by atoms with Crippen LogP contribution >= 0.6 is 0 Å². The molecule has 1 heterocycles. The van der Waals surface area contributed by atoms with Crippen molar-refractivity contribution in [1.29, 1.82) is 0 Å². The van der Waals surface area contributed by atoms with Gasteiger partial charge in [0.25, 0.3) is 0 Å². The van der Waals surface area contributed by atoms with Crippen molar-refractivity contribution in [3.8, 4) is 5.75 Å². The second-order valence-corrected chi connectivity index (χ2v) is 6.23. The van der Waals surface area contributed by atoms with E-state index in [1.807, 2.05) is 0 Å². The fourth-order valence-electron chi connectivity index (χ4n) is 1.79. The first kappa shape index (κ1) is 16.0. The van der Waals surface area contributed by atoms with Crippen molar-refractivity contribution in [2.75, 3.05) is 5.75 Å². The lowest BCUT2D eigenvalue weighted by Gasteiger charge is -2.02. The molecule has 0 aliphatic rings. The third kappa shape index (κ3) is 6.57. The van der Waals surface area contributed by atoms with Gasteiger partial charge in [0.05, 0.1) is 5.75 Å². The maximum Gasteiger partial charge on any atom is 0.226 e. The minimum Gasteiger partial charge on any atom is -0.502 e. The van der Waals surface area contributed by atoms with Gasteiger partial charge < -0.3 is 9.52 Å². The summed E-state index contributed by atoms with van der Waals surface area (Å²) in [6.07, 6.45) is 7.98. The van der Waals surface area contributed by atoms with Gasteiger partial charge in [-0.25, -0.2) is 0 Å². The van der Waals surface area contributed by atoms with Gasteiger partial charge in [0.2, 0.25) is 5.43 Å². The van der Waals surface area contributed by atoms with Crippen LogP contribution in [0.15, 0.2) is 21.5 Å². The highest BCUT2D eigenvalue weighted by molar-refractivity contribution is 7.84. The second kappa shape index (κ2) is 8.91. The van der Waals surface area contributed by atoms with Gasteiger partial charge in [-0.3, -0.25) is 9.00 Å². The van der Waals surface area contributed by atoms with E-state index >= 15 is 0 Å². The quantitative estimate of drug-likeness (QED) is 0.709. The molecule has 0 radical (unpaired) electrons. The normalized spacial score (nSPS) is 12.5. The zero-order chi connectivity index (χ0) is 14.1. The van der Waals surface area contributed by atoms with Gasteiger partial charge in [-0.15, -0.1) is 0 Å². The van der Waals surface area contributed by atoms with Crippen LogP contribution in [0.1, 0.15) is 51.2 Å². The molecule has 1 aromatic heterocycles. The predicted octanol–water partition coefficient (Wildman–Crippen LogP) is 2.95. The first-order valence-electron chi connectivity index (χ1n) is 6.79. The topological polar surface area (TPSA) is 67.5 Å². The molecule has 1 N–H and O–H groups in total. The minimum absolute atomic E-state index is 0.241. The molecule has 0 fully saturated rings. The van der Waals surface area contributed by atoms with E-state index in [4.69, 9.17) is 9.52 Å². The predicted molar refractivity (Wildman–Crippen MR) is 76.7 cm³/mol. The molecule has 1 rings (SSSR count). The van der Waals surface area contributed by atoms with Crippen molar-refractivity contribution >= 4 is 10.8 Å². The Labute approximate surface area is 116 Å². The summed E-state index contributed by atoms with van der Waals surface area (Å²) in [6.45, 7) is 2.18. The van der Waals surface area contributed by atoms with Gasteiger partial charge in [0.15, 0.2) is 5.75 Å². The lowest BCUT2D eigenvalue weighted by Crippen LogP contribution is -2.05. The highest BCUT2D eigenvalue weighted by Crippen LogP contribution is 2.09. The Morgan fingerprint density at radius 3 is 2.58 bits per heavy atom. The van der Waals surface area contributed by atoms with Gasteiger partial charge in [-0.2, -0.15) is 0 Å². The van der Waals surface area contributed by atoms with Crippen LogP contribution in [0.5, 0.6) is 5.75 Å². The number of hydrogen-bond donors (Lipinski definition) is 1. The molecule has 0 spiro atoms. The molecule has 0 saturated carbocycles. The molecular formula is C14H22O4S. The molecule has 0 aromatic carbocycles. The van der Waals surface area contributed by atoms with Gasteiger partial charge in [0, 0.05) is 22.6 Å². The number of rotatable bonds is 9. The maximum absolute atomic E-state index is 11.8. The molecule has 0 bridgehead atoms. The highest BCUT2D eigenvalue weighted by Gasteiger charge is 2.06. The summed E-state index contributed by atoms with van der Waals surface area (Å²) in [5, 5.41) is 9.04. The third-order valence-electron chi connectivity index (χ3n) is 2.90. The van der Waals surface area contributed by atoms with Crippen LogP contribution in [0.4, 0.5) is 0 Å². The van der Waals surface area contributed by atoms with Crippen molar-refractivity contribution in [1.82, 2.24) is 0 Å². The summed E-state index contributed by atoms with van der Waals surface area (Å²) >= 11 is 0. The van der Waals surface area contributed by atoms with Gasteiger partial charge in [-0.05, 0) is 6.42 Å². The van der Waals surface area contributed by atoms with Crippen LogP contribution in [-0.2, 0) is 16.6 Å². The Bertz CT molecular complexity index is 453. The minimum atomic E-state index is -1.01. The summed E-state index contributed by atoms with van der Waals surface area (Å²) in [5.74, 6) is 0.832. The van der Waals surface area contributed by atoms with Gasteiger partial charge >= 0.3 is 0 Å². The van der Waals surface area contributed by atoms with Crippen molar-refractivity contribution in [2.24, 2.45) is 0 Å². The summed E-state index contributed by atoms with van der Waals surface area (Å²) in [4.78, 5) is 11.2. The fraction of sp³-hybridized carbons (Fsp3) is 0.643. The molecule has 1 atom stereocenters. The van der Waals surface area contributed by atoms with E-state index in [0.717, 1.165) is 19.1 Å². The zero-order valence-corrected chi connectivity index (χ0v) is 12.2. The smallest absolute Gasteiger partial charge is 0.226 e. The van der Waals surface area contributed by atoms with Gasteiger partial charge in [0.1, 0.15) is 12.0 Å². The lowest BCUT2D eigenvalue weighted by atomic mass is 10.1. The molecular weight excluding hydrogens is 264 g/mol. The van der Waals surface area contributed by atoms with E-state index < -0.39 is 22.0 Å². The molecule has 4 nitrogen and oxygen atoms in total. The standard InChI is InChI=1S/C14H22O4S/c1-2-3-4-5-6-7-8-19(17)11-12-9-13(15)14(16)10-18-12/h9-10,16H,2-8,11H2,1H3. The monoisotopic (exact) mass is 286 g/mol. The summed E-state index contributed by atoms with van der Waals surface area (Å²) in [6, 6.07) is 1.20. The van der Waals surface area contributed by atoms with E-state index in [1.165, 1.54) is 31.7 Å². The summed E-state index contributed by atoms with van der Waals surface area (Å²) < 4.78 is 16.8. The van der Waals surface area contributed by atoms with Crippen LogP contribution in [0.2, 0.25) is 0 Å². The average molecular weight is 286 g/mol. The molecule has 108 valence electrons. The SMILES string of the molecule is CCCCCCCCS(=O)Cc1cc(=O)c(O)co1. The lowest BCUT2D eigenvalue weighted by molar-refractivity contribution is 0.418. The number of hydrogen-bond acceptors (Lipinski definition) is 4. The van der Waals surface area contributed by atoms with Crippen molar-refractivity contribution in [3.63, 3.8) is 0 Å². The average Bonchev–Trinajstić information content (AvgIpc) is 2.38. The summed E-state index contributed by atoms with van der Waals surface area (Å²) in [7, 11) is -1.01. The molecule has 1 unspecified atom stereocenters. The molecule has 0 amide bonds. The third-order valence-corrected chi connectivity index (χ3v) is 4.25. The highest BCUT2D eigenvalue weighted by atomic mass is 32.2. The molecule has 1 aromatic rings. The van der Waals surface area contributed by atoms with Crippen molar-refractivity contribution < 1.29 is 13.7 Å². The Balaban J connectivity index is 2.23. The van der Waals surface area contributed by atoms with E-state index in [9.17, 15) is 9.00 Å². The Morgan fingerprint density at radius 2 is 1.89 bits per heavy atom. The van der Waals surface area contributed by atoms with E-state index in [0.29, 0.717) is 11.5 Å². The molecule has 19 heavy (non-hydrogen) atoms. The van der Waals surface area contributed by atoms with E-state index in [2.05, 4.69) is 6.92 Å². The zero-order valence-electron chi connectivity index (χ0n) is 11.4.